The van der Waals surface area contributed by atoms with E-state index in [2.05, 4.69) is 75.6 Å². The second kappa shape index (κ2) is 16.8. The fourth-order valence-electron chi connectivity index (χ4n) is 7.15. The Kier molecular flexibility index (Phi) is 11.7. The van der Waals surface area contributed by atoms with Gasteiger partial charge < -0.3 is 27.0 Å². The second-order valence-corrected chi connectivity index (χ2v) is 13.3. The van der Waals surface area contributed by atoms with E-state index in [9.17, 15) is 8.78 Å². The number of pyridine rings is 1. The molecule has 7 nitrogen and oxygen atoms in total. The minimum atomic E-state index is -0.472. The second-order valence-electron chi connectivity index (χ2n) is 13.3. The van der Waals surface area contributed by atoms with Crippen LogP contribution in [0, 0.1) is 11.7 Å². The van der Waals surface area contributed by atoms with Crippen molar-refractivity contribution < 1.29 is 8.78 Å². The fourth-order valence-corrected chi connectivity index (χ4v) is 7.15. The molecule has 52 heavy (non-hydrogen) atoms. The third-order valence-electron chi connectivity index (χ3n) is 9.80. The summed E-state index contributed by atoms with van der Waals surface area (Å²) in [5.41, 5.74) is 19.3. The molecule has 3 aliphatic rings. The van der Waals surface area contributed by atoms with Crippen LogP contribution in [0.25, 0.3) is 27.9 Å². The fraction of sp³-hybridized carbons (Fsp3) is 0.256. The number of halogens is 2. The quantitative estimate of drug-likeness (QED) is 0.0929. The highest BCUT2D eigenvalue weighted by molar-refractivity contribution is 6.05. The summed E-state index contributed by atoms with van der Waals surface area (Å²) < 4.78 is 27.1. The van der Waals surface area contributed by atoms with Crippen LogP contribution in [0.3, 0.4) is 0 Å². The molecule has 1 aromatic heterocycles. The third kappa shape index (κ3) is 8.22. The topological polar surface area (TPSA) is 105 Å². The number of aromatic nitrogens is 1. The first-order chi connectivity index (χ1) is 25.3. The molecule has 7 rings (SSSR count). The molecule has 4 aromatic rings. The molecular weight excluding hydrogens is 653 g/mol. The minimum Gasteiger partial charge on any atom is -0.382 e. The average molecular weight is 700 g/mol. The third-order valence-corrected chi connectivity index (χ3v) is 9.80. The van der Waals surface area contributed by atoms with Gasteiger partial charge in [-0.1, -0.05) is 91.9 Å². The van der Waals surface area contributed by atoms with Crippen molar-refractivity contribution in [2.75, 3.05) is 13.1 Å². The first-order valence-electron chi connectivity index (χ1n) is 17.9. The van der Waals surface area contributed by atoms with Crippen molar-refractivity contribution in [3.8, 4) is 11.3 Å². The highest BCUT2D eigenvalue weighted by Crippen LogP contribution is 2.41. The van der Waals surface area contributed by atoms with Gasteiger partial charge in [0, 0.05) is 53.3 Å². The number of nitrogens with two attached hydrogens (primary N) is 2. The molecule has 2 unspecified atom stereocenters. The first kappa shape index (κ1) is 36.4. The Morgan fingerprint density at radius 3 is 2.50 bits per heavy atom. The number of nitrogens with one attached hydrogen (secondary N) is 2. The monoisotopic (exact) mass is 699 g/mol. The molecule has 0 saturated heterocycles. The number of hydrogen-bond donors (Lipinski definition) is 4. The predicted octanol–water partition coefficient (Wildman–Crippen LogP) is 8.28. The van der Waals surface area contributed by atoms with Crippen molar-refractivity contribution >= 4 is 22.4 Å². The molecule has 1 saturated carbocycles. The minimum absolute atomic E-state index is 0.0246. The van der Waals surface area contributed by atoms with E-state index in [1.165, 1.54) is 18.2 Å². The van der Waals surface area contributed by atoms with Crippen molar-refractivity contribution in [1.29, 1.82) is 0 Å². The molecule has 6 N–H and O–H groups in total. The van der Waals surface area contributed by atoms with Crippen LogP contribution >= 0.6 is 0 Å². The van der Waals surface area contributed by atoms with E-state index in [1.54, 1.807) is 12.3 Å². The van der Waals surface area contributed by atoms with E-state index >= 15 is 0 Å². The maximum Gasteiger partial charge on any atom is 0.149 e. The summed E-state index contributed by atoms with van der Waals surface area (Å²) in [7, 11) is 0. The van der Waals surface area contributed by atoms with Crippen LogP contribution in [0.1, 0.15) is 50.2 Å². The largest absolute Gasteiger partial charge is 0.382 e. The van der Waals surface area contributed by atoms with Gasteiger partial charge >= 0.3 is 0 Å². The number of allylic oxidation sites excluding steroid dienone is 4. The van der Waals surface area contributed by atoms with Crippen LogP contribution in [0.5, 0.6) is 0 Å². The van der Waals surface area contributed by atoms with Gasteiger partial charge in [0.1, 0.15) is 29.3 Å². The van der Waals surface area contributed by atoms with Crippen molar-refractivity contribution in [2.45, 2.75) is 51.2 Å². The Morgan fingerprint density at radius 1 is 1.06 bits per heavy atom. The van der Waals surface area contributed by atoms with Gasteiger partial charge in [0.25, 0.3) is 0 Å². The molecule has 0 bridgehead atoms. The van der Waals surface area contributed by atoms with Gasteiger partial charge in [0.2, 0.25) is 0 Å². The summed E-state index contributed by atoms with van der Waals surface area (Å²) in [5.74, 6) is 0.141. The Hall–Kier alpha value is -5.38. The number of nitrogens with zero attached hydrogens (tertiary/aromatic N) is 3. The molecule has 9 heteroatoms. The molecule has 268 valence electrons. The molecule has 2 aliphatic heterocycles. The summed E-state index contributed by atoms with van der Waals surface area (Å²) >= 11 is 0. The van der Waals surface area contributed by atoms with E-state index in [0.717, 1.165) is 69.6 Å². The van der Waals surface area contributed by atoms with E-state index in [4.69, 9.17) is 16.5 Å². The molecular formula is C43H47F2N7. The first-order valence-corrected chi connectivity index (χ1v) is 17.9. The van der Waals surface area contributed by atoms with Crippen molar-refractivity contribution in [2.24, 2.45) is 22.4 Å². The average Bonchev–Trinajstić information content (AvgIpc) is 3.52. The lowest BCUT2D eigenvalue weighted by Crippen LogP contribution is -2.53. The maximum absolute atomic E-state index is 13.8. The smallest absolute Gasteiger partial charge is 0.149 e. The van der Waals surface area contributed by atoms with Crippen LogP contribution in [0.2, 0.25) is 0 Å². The maximum atomic E-state index is 13.8. The molecule has 3 aromatic carbocycles. The number of rotatable bonds is 11. The highest BCUT2D eigenvalue weighted by Gasteiger charge is 2.44. The number of aliphatic imine (C=N–C) groups is 1. The van der Waals surface area contributed by atoms with Gasteiger partial charge in [-0.15, -0.1) is 0 Å². The van der Waals surface area contributed by atoms with Crippen LogP contribution in [0.4, 0.5) is 8.78 Å². The van der Waals surface area contributed by atoms with Crippen LogP contribution in [0.15, 0.2) is 144 Å². The predicted molar refractivity (Wildman–Crippen MR) is 210 cm³/mol. The van der Waals surface area contributed by atoms with Gasteiger partial charge in [-0.3, -0.25) is 0 Å². The molecule has 0 spiro atoms. The Bertz CT molecular complexity index is 2030. The zero-order chi connectivity index (χ0) is 36.6. The SMILES string of the molecule is C=C(F)/C=C\C/C(=C\C)C(CNC1CC(C2NC(c3ccc4ccc(-c5ccccc5)nc4c3)=C3C(N)=NC=CN32)C1)c1ccc(F)cc1.CCN. The van der Waals surface area contributed by atoms with Gasteiger partial charge in [-0.25, -0.2) is 18.8 Å². The standard InChI is InChI=1S/C41H40F2N6.C2H7N/c1-3-27(11-7-8-26(2)42)35(28-14-17-33(43)18-15-28)25-46-34-22-32(23-34)41-48-38(39-40(44)45-20-21-49(39)41)31-13-12-30-16-19-36(47-37(30)24-31)29-9-5-4-6-10-29;1-2-3/h3-10,12-21,24,32,34-35,41,46,48H,2,11,22-23,25H2,1H3,(H2,44,45);2-3H2,1H3/b8-7-,27-3+;. The van der Waals surface area contributed by atoms with Crippen molar-refractivity contribution in [3.05, 3.63) is 156 Å². The van der Waals surface area contributed by atoms with Crippen LogP contribution in [-0.4, -0.2) is 41.0 Å². The van der Waals surface area contributed by atoms with E-state index in [0.29, 0.717) is 30.8 Å². The summed E-state index contributed by atoms with van der Waals surface area (Å²) in [6, 6.07) is 27.7. The summed E-state index contributed by atoms with van der Waals surface area (Å²) in [6.07, 6.45) is 11.6. The number of amidine groups is 1. The van der Waals surface area contributed by atoms with Crippen LogP contribution < -0.4 is 22.1 Å². The van der Waals surface area contributed by atoms with Gasteiger partial charge in [-0.2, -0.15) is 0 Å². The number of benzene rings is 3. The van der Waals surface area contributed by atoms with Gasteiger partial charge in [0.05, 0.1) is 16.9 Å². The van der Waals surface area contributed by atoms with Crippen molar-refractivity contribution in [3.63, 3.8) is 0 Å². The summed E-state index contributed by atoms with van der Waals surface area (Å²) in [6.45, 7) is 8.66. The zero-order valence-electron chi connectivity index (χ0n) is 29.8. The Morgan fingerprint density at radius 2 is 1.79 bits per heavy atom. The lowest BCUT2D eigenvalue weighted by atomic mass is 9.77. The molecule has 1 aliphatic carbocycles. The van der Waals surface area contributed by atoms with E-state index < -0.39 is 5.83 Å². The summed E-state index contributed by atoms with van der Waals surface area (Å²) in [5, 5.41) is 8.67. The summed E-state index contributed by atoms with van der Waals surface area (Å²) in [4.78, 5) is 11.7. The molecule has 0 radical (unpaired) electrons. The van der Waals surface area contributed by atoms with E-state index in [1.807, 2.05) is 50.4 Å². The van der Waals surface area contributed by atoms with Gasteiger partial charge in [-0.05, 0) is 68.6 Å². The van der Waals surface area contributed by atoms with Crippen molar-refractivity contribution in [1.82, 2.24) is 20.5 Å². The zero-order valence-corrected chi connectivity index (χ0v) is 29.8. The molecule has 3 heterocycles. The lowest BCUT2D eigenvalue weighted by molar-refractivity contribution is 0.123. The normalized spacial score (nSPS) is 20.2. The highest BCUT2D eigenvalue weighted by atomic mass is 19.1. The molecule has 0 amide bonds. The Balaban J connectivity index is 0.00000150. The number of fused-ring (bicyclic) bond motifs is 2. The van der Waals surface area contributed by atoms with E-state index in [-0.39, 0.29) is 17.9 Å². The molecule has 2 atom stereocenters. The van der Waals surface area contributed by atoms with Crippen LogP contribution in [-0.2, 0) is 0 Å². The van der Waals surface area contributed by atoms with Gasteiger partial charge in [0.15, 0.2) is 0 Å². The lowest BCUT2D eigenvalue weighted by Gasteiger charge is -2.43. The Labute approximate surface area is 305 Å². The number of hydrogen-bond acceptors (Lipinski definition) is 7. The molecule has 1 fully saturated rings.